The van der Waals surface area contributed by atoms with Gasteiger partial charge < -0.3 is 25.2 Å². The van der Waals surface area contributed by atoms with Crippen molar-refractivity contribution in [3.05, 3.63) is 0 Å². The number of carbonyl (C=O) groups excluding carboxylic acids is 3. The largest absolute Gasteiger partial charge is 0.480 e. The molecule has 0 unspecified atom stereocenters. The Hall–Kier alpha value is -2.56. The van der Waals surface area contributed by atoms with Crippen LogP contribution < -0.4 is 10.6 Å². The number of amides is 3. The van der Waals surface area contributed by atoms with E-state index in [1.807, 2.05) is 13.8 Å². The van der Waals surface area contributed by atoms with Gasteiger partial charge in [-0.15, -0.1) is 0 Å². The Balaban J connectivity index is 0. The van der Waals surface area contributed by atoms with Crippen molar-refractivity contribution in [3.8, 4) is 0 Å². The van der Waals surface area contributed by atoms with Crippen LogP contribution in [0.4, 0.5) is 9.59 Å². The van der Waals surface area contributed by atoms with Gasteiger partial charge in [0.05, 0.1) is 7.11 Å². The molecule has 2 atom stereocenters. The van der Waals surface area contributed by atoms with Crippen molar-refractivity contribution in [2.24, 2.45) is 0 Å². The van der Waals surface area contributed by atoms with Gasteiger partial charge in [0.2, 0.25) is 0 Å². The van der Waals surface area contributed by atoms with E-state index in [-0.39, 0.29) is 5.91 Å². The van der Waals surface area contributed by atoms with Crippen molar-refractivity contribution < 1.29 is 38.6 Å². The minimum atomic E-state index is -1.04. The van der Waals surface area contributed by atoms with E-state index in [0.29, 0.717) is 19.3 Å². The van der Waals surface area contributed by atoms with Crippen molar-refractivity contribution in [2.45, 2.75) is 104 Å². The van der Waals surface area contributed by atoms with Crippen LogP contribution in [0.3, 0.4) is 0 Å². The normalized spacial score (nSPS) is 12.9. The SMILES string of the molecule is CCC[C@H](NC(=O)OC(C)(C)C)C(=O)N(C)OC.CCC[C@H](NC(=O)OC(C)(C)C)C(=O)O. The van der Waals surface area contributed by atoms with Crippen molar-refractivity contribution in [1.29, 1.82) is 0 Å². The lowest BCUT2D eigenvalue weighted by atomic mass is 10.1. The zero-order chi connectivity index (χ0) is 26.4. The molecule has 0 aromatic rings. The lowest BCUT2D eigenvalue weighted by Crippen LogP contribution is -2.48. The molecule has 0 heterocycles. The first-order chi connectivity index (χ1) is 15.0. The lowest BCUT2D eigenvalue weighted by Gasteiger charge is -2.25. The van der Waals surface area contributed by atoms with Crippen molar-refractivity contribution in [1.82, 2.24) is 15.7 Å². The number of alkyl carbamates (subject to hydrolysis) is 2. The fourth-order valence-corrected chi connectivity index (χ4v) is 2.30. The first kappa shape index (κ1) is 32.6. The maximum atomic E-state index is 11.9. The maximum Gasteiger partial charge on any atom is 0.408 e. The average molecular weight is 478 g/mol. The minimum Gasteiger partial charge on any atom is -0.480 e. The minimum absolute atomic E-state index is 0.301. The molecule has 194 valence electrons. The Bertz CT molecular complexity index is 626. The van der Waals surface area contributed by atoms with Gasteiger partial charge in [0.15, 0.2) is 0 Å². The number of aliphatic carboxylic acids is 1. The van der Waals surface area contributed by atoms with E-state index in [1.165, 1.54) is 14.2 Å². The highest BCUT2D eigenvalue weighted by Gasteiger charge is 2.26. The molecule has 0 spiro atoms. The molecule has 0 aromatic carbocycles. The summed E-state index contributed by atoms with van der Waals surface area (Å²) in [6.45, 7) is 14.3. The van der Waals surface area contributed by atoms with Gasteiger partial charge in [0, 0.05) is 7.05 Å². The average Bonchev–Trinajstić information content (AvgIpc) is 2.63. The van der Waals surface area contributed by atoms with Crippen LogP contribution in [0.5, 0.6) is 0 Å². The molecule has 3 N–H and O–H groups in total. The zero-order valence-electron chi connectivity index (χ0n) is 21.7. The summed E-state index contributed by atoms with van der Waals surface area (Å²) in [6, 6.07) is -1.50. The number of likely N-dealkylation sites (N-methyl/N-ethyl adjacent to an activating group) is 1. The van der Waals surface area contributed by atoms with Gasteiger partial charge in [-0.1, -0.05) is 26.7 Å². The molecule has 0 rings (SSSR count). The summed E-state index contributed by atoms with van der Waals surface area (Å²) >= 11 is 0. The number of rotatable bonds is 9. The Morgan fingerprint density at radius 1 is 0.818 bits per heavy atom. The topological polar surface area (TPSA) is 144 Å². The second-order valence-electron chi connectivity index (χ2n) is 9.33. The first-order valence-electron chi connectivity index (χ1n) is 11.0. The van der Waals surface area contributed by atoms with Gasteiger partial charge in [-0.25, -0.2) is 19.4 Å². The van der Waals surface area contributed by atoms with Crippen LogP contribution >= 0.6 is 0 Å². The molecule has 0 fully saturated rings. The highest BCUT2D eigenvalue weighted by molar-refractivity contribution is 5.84. The van der Waals surface area contributed by atoms with Crippen molar-refractivity contribution in [2.75, 3.05) is 14.2 Å². The lowest BCUT2D eigenvalue weighted by molar-refractivity contribution is -0.171. The van der Waals surface area contributed by atoms with Crippen molar-refractivity contribution >= 4 is 24.1 Å². The molecule has 0 radical (unpaired) electrons. The quantitative estimate of drug-likeness (QED) is 0.428. The molecule has 0 aliphatic heterocycles. The number of hydrogen-bond donors (Lipinski definition) is 3. The summed E-state index contributed by atoms with van der Waals surface area (Å²) in [7, 11) is 2.90. The van der Waals surface area contributed by atoms with E-state index in [4.69, 9.17) is 19.4 Å². The zero-order valence-corrected chi connectivity index (χ0v) is 21.7. The van der Waals surface area contributed by atoms with Crippen LogP contribution in [0.15, 0.2) is 0 Å². The third-order valence-electron chi connectivity index (χ3n) is 3.72. The van der Waals surface area contributed by atoms with Gasteiger partial charge >= 0.3 is 18.2 Å². The third kappa shape index (κ3) is 17.6. The second-order valence-corrected chi connectivity index (χ2v) is 9.33. The summed E-state index contributed by atoms with van der Waals surface area (Å²) in [5.41, 5.74) is -1.20. The van der Waals surface area contributed by atoms with E-state index in [9.17, 15) is 19.2 Å². The van der Waals surface area contributed by atoms with Crippen LogP contribution in [-0.2, 0) is 23.9 Å². The van der Waals surface area contributed by atoms with E-state index in [1.54, 1.807) is 41.5 Å². The number of hydroxylamine groups is 2. The van der Waals surface area contributed by atoms with Gasteiger partial charge in [-0.2, -0.15) is 0 Å². The summed E-state index contributed by atoms with van der Waals surface area (Å²) in [5, 5.41) is 14.7. The summed E-state index contributed by atoms with van der Waals surface area (Å²) in [5.74, 6) is -1.34. The number of carbonyl (C=O) groups is 4. The smallest absolute Gasteiger partial charge is 0.408 e. The summed E-state index contributed by atoms with van der Waals surface area (Å²) in [6.07, 6.45) is 1.10. The fraction of sp³-hybridized carbons (Fsp3) is 0.818. The van der Waals surface area contributed by atoms with Crippen molar-refractivity contribution in [3.63, 3.8) is 0 Å². The van der Waals surface area contributed by atoms with E-state index in [0.717, 1.165) is 11.5 Å². The molecular formula is C22H43N3O8. The molecule has 33 heavy (non-hydrogen) atoms. The number of carboxylic acids is 1. The Morgan fingerprint density at radius 2 is 1.18 bits per heavy atom. The van der Waals surface area contributed by atoms with Crippen LogP contribution in [-0.4, -0.2) is 71.7 Å². The Kier molecular flexibility index (Phi) is 15.1. The number of ether oxygens (including phenoxy) is 2. The molecule has 0 aliphatic carbocycles. The van der Waals surface area contributed by atoms with Gasteiger partial charge in [-0.05, 0) is 54.4 Å². The summed E-state index contributed by atoms with van der Waals surface area (Å²) < 4.78 is 10.1. The molecule has 11 heteroatoms. The molecule has 3 amide bonds. The Labute approximate surface area is 197 Å². The van der Waals surface area contributed by atoms with Crippen LogP contribution in [0.25, 0.3) is 0 Å². The van der Waals surface area contributed by atoms with Crippen LogP contribution in [0.2, 0.25) is 0 Å². The fourth-order valence-electron chi connectivity index (χ4n) is 2.30. The molecule has 0 saturated heterocycles. The molecular weight excluding hydrogens is 434 g/mol. The van der Waals surface area contributed by atoms with Crippen LogP contribution in [0.1, 0.15) is 81.1 Å². The van der Waals surface area contributed by atoms with Gasteiger partial charge in [0.25, 0.3) is 5.91 Å². The van der Waals surface area contributed by atoms with E-state index < -0.39 is 41.4 Å². The number of nitrogens with one attached hydrogen (secondary N) is 2. The number of carboxylic acid groups (broad SMARTS) is 1. The second kappa shape index (κ2) is 15.3. The molecule has 0 saturated carbocycles. The molecule has 0 aromatic heterocycles. The standard InChI is InChI=1S/C12H24N2O4.C10H19NO4/c1-7-8-9(10(15)14(5)17-6)13-11(16)18-12(2,3)4;1-5-6-7(8(12)13)11-9(14)15-10(2,3)4/h9H,7-8H2,1-6H3,(H,13,16);7H,5-6H2,1-4H3,(H,11,14)(H,12,13)/t9-;7-/m00/s1. The highest BCUT2D eigenvalue weighted by atomic mass is 16.7. The molecule has 11 nitrogen and oxygen atoms in total. The third-order valence-corrected chi connectivity index (χ3v) is 3.72. The monoisotopic (exact) mass is 477 g/mol. The van der Waals surface area contributed by atoms with E-state index >= 15 is 0 Å². The van der Waals surface area contributed by atoms with Gasteiger partial charge in [-0.3, -0.25) is 9.63 Å². The maximum absolute atomic E-state index is 11.9. The Morgan fingerprint density at radius 3 is 1.48 bits per heavy atom. The predicted octanol–water partition coefficient (Wildman–Crippen LogP) is 3.46. The molecule has 0 aliphatic rings. The van der Waals surface area contributed by atoms with Crippen LogP contribution in [0, 0.1) is 0 Å². The van der Waals surface area contributed by atoms with E-state index in [2.05, 4.69) is 10.6 Å². The first-order valence-corrected chi connectivity index (χ1v) is 11.0. The summed E-state index contributed by atoms with van der Waals surface area (Å²) in [4.78, 5) is 50.3. The highest BCUT2D eigenvalue weighted by Crippen LogP contribution is 2.09. The predicted molar refractivity (Wildman–Crippen MR) is 124 cm³/mol. The van der Waals surface area contributed by atoms with Gasteiger partial charge in [0.1, 0.15) is 23.3 Å². The number of hydrogen-bond acceptors (Lipinski definition) is 7. The number of nitrogens with zero attached hydrogens (tertiary/aromatic N) is 1. The molecule has 0 bridgehead atoms.